The Morgan fingerprint density at radius 3 is 2.10 bits per heavy atom. The summed E-state index contributed by atoms with van der Waals surface area (Å²) in [4.78, 5) is 1.71. The number of anilines is 2. The van der Waals surface area contributed by atoms with Gasteiger partial charge in [-0.05, 0) is 36.8 Å². The van der Waals surface area contributed by atoms with Crippen LogP contribution >= 0.6 is 11.6 Å². The van der Waals surface area contributed by atoms with E-state index in [0.29, 0.717) is 5.69 Å². The van der Waals surface area contributed by atoms with E-state index in [9.17, 15) is 13.2 Å². The van der Waals surface area contributed by atoms with Crippen molar-refractivity contribution in [3.8, 4) is 0 Å². The third kappa shape index (κ3) is 3.50. The molecule has 0 unspecified atom stereocenters. The first-order chi connectivity index (χ1) is 9.82. The van der Waals surface area contributed by atoms with Gasteiger partial charge < -0.3 is 4.90 Å². The highest BCUT2D eigenvalue weighted by molar-refractivity contribution is 6.17. The van der Waals surface area contributed by atoms with Gasteiger partial charge in [0.15, 0.2) is 0 Å². The van der Waals surface area contributed by atoms with Crippen molar-refractivity contribution in [3.63, 3.8) is 0 Å². The molecule has 112 valence electrons. The summed E-state index contributed by atoms with van der Waals surface area (Å²) < 4.78 is 39.2. The number of benzene rings is 2. The number of nitrogens with zero attached hydrogens (tertiary/aromatic N) is 1. The predicted octanol–water partition coefficient (Wildman–Crippen LogP) is 5.52. The van der Waals surface area contributed by atoms with E-state index in [1.165, 1.54) is 6.07 Å². The zero-order valence-electron chi connectivity index (χ0n) is 11.7. The second kappa shape index (κ2) is 5.98. The number of rotatable bonds is 3. The molecule has 0 aliphatic heterocycles. The molecule has 0 atom stereocenters. The van der Waals surface area contributed by atoms with Gasteiger partial charge in [0.25, 0.3) is 0 Å². The van der Waals surface area contributed by atoms with Crippen molar-refractivity contribution < 1.29 is 13.2 Å². The van der Waals surface area contributed by atoms with Crippen LogP contribution in [0.25, 0.3) is 0 Å². The summed E-state index contributed by atoms with van der Waals surface area (Å²) >= 11 is 5.59. The van der Waals surface area contributed by atoms with E-state index in [-0.39, 0.29) is 11.4 Å². The molecule has 0 aliphatic carbocycles. The Hall–Kier alpha value is -1.68. The molecule has 0 bridgehead atoms. The fourth-order valence-corrected chi connectivity index (χ4v) is 2.30. The molecular formula is C16H15ClF3N. The van der Waals surface area contributed by atoms with Crippen LogP contribution in [-0.2, 0) is 12.1 Å². The second-order valence-electron chi connectivity index (χ2n) is 4.87. The third-order valence-corrected chi connectivity index (χ3v) is 3.64. The van der Waals surface area contributed by atoms with Crippen LogP contribution in [0.3, 0.4) is 0 Å². The van der Waals surface area contributed by atoms with E-state index in [1.54, 1.807) is 18.0 Å². The van der Waals surface area contributed by atoms with Gasteiger partial charge in [-0.25, -0.2) is 0 Å². The fourth-order valence-electron chi connectivity index (χ4n) is 2.07. The Morgan fingerprint density at radius 2 is 1.57 bits per heavy atom. The maximum atomic E-state index is 13.1. The minimum Gasteiger partial charge on any atom is -0.345 e. The molecule has 0 heterocycles. The van der Waals surface area contributed by atoms with Crippen LogP contribution in [0.15, 0.2) is 42.5 Å². The molecule has 0 aromatic heterocycles. The monoisotopic (exact) mass is 313 g/mol. The molecule has 1 nitrogen and oxygen atoms in total. The molecule has 21 heavy (non-hydrogen) atoms. The zero-order chi connectivity index (χ0) is 15.6. The van der Waals surface area contributed by atoms with Crippen molar-refractivity contribution in [2.24, 2.45) is 0 Å². The van der Waals surface area contributed by atoms with Crippen molar-refractivity contribution in [2.75, 3.05) is 11.9 Å². The number of hydrogen-bond acceptors (Lipinski definition) is 1. The lowest BCUT2D eigenvalue weighted by molar-refractivity contribution is -0.138. The highest BCUT2D eigenvalue weighted by atomic mass is 35.5. The number of hydrogen-bond donors (Lipinski definition) is 0. The van der Waals surface area contributed by atoms with Crippen LogP contribution in [0, 0.1) is 6.92 Å². The average Bonchev–Trinajstić information content (AvgIpc) is 2.45. The molecule has 0 aliphatic rings. The summed E-state index contributed by atoms with van der Waals surface area (Å²) in [5.41, 5.74) is 1.80. The van der Waals surface area contributed by atoms with Gasteiger partial charge in [-0.15, -0.1) is 11.6 Å². The first kappa shape index (κ1) is 15.7. The standard InChI is InChI=1S/C16H15ClF3N/c1-11-3-6-13(7-4-11)21(2)14-8-5-12(10-17)15(9-14)16(18,19)20/h3-9H,10H2,1-2H3. The van der Waals surface area contributed by atoms with Gasteiger partial charge in [-0.2, -0.15) is 13.2 Å². The Bertz CT molecular complexity index is 620. The van der Waals surface area contributed by atoms with Gasteiger partial charge in [-0.1, -0.05) is 23.8 Å². The quantitative estimate of drug-likeness (QED) is 0.674. The highest BCUT2D eigenvalue weighted by Gasteiger charge is 2.33. The predicted molar refractivity (Wildman–Crippen MR) is 80.2 cm³/mol. The van der Waals surface area contributed by atoms with Gasteiger partial charge in [0.05, 0.1) is 5.56 Å². The Morgan fingerprint density at radius 1 is 1.00 bits per heavy atom. The molecule has 0 spiro atoms. The van der Waals surface area contributed by atoms with E-state index >= 15 is 0 Å². The number of halogens is 4. The summed E-state index contributed by atoms with van der Waals surface area (Å²) in [5, 5.41) is 0. The van der Waals surface area contributed by atoms with Gasteiger partial charge in [0.2, 0.25) is 0 Å². The molecule has 0 N–H and O–H groups in total. The van der Waals surface area contributed by atoms with E-state index < -0.39 is 11.7 Å². The lowest BCUT2D eigenvalue weighted by Crippen LogP contribution is -2.13. The van der Waals surface area contributed by atoms with E-state index in [1.807, 2.05) is 31.2 Å². The van der Waals surface area contributed by atoms with Gasteiger partial charge in [-0.3, -0.25) is 0 Å². The van der Waals surface area contributed by atoms with Crippen molar-refractivity contribution in [2.45, 2.75) is 19.0 Å². The minimum absolute atomic E-state index is 0.0882. The molecule has 0 saturated carbocycles. The van der Waals surface area contributed by atoms with Crippen molar-refractivity contribution >= 4 is 23.0 Å². The lowest BCUT2D eigenvalue weighted by atomic mass is 10.1. The van der Waals surface area contributed by atoms with E-state index in [0.717, 1.165) is 17.3 Å². The maximum Gasteiger partial charge on any atom is 0.416 e. The van der Waals surface area contributed by atoms with Gasteiger partial charge in [0, 0.05) is 24.3 Å². The van der Waals surface area contributed by atoms with Crippen LogP contribution in [0.4, 0.5) is 24.5 Å². The van der Waals surface area contributed by atoms with Crippen LogP contribution < -0.4 is 4.90 Å². The van der Waals surface area contributed by atoms with Crippen LogP contribution in [0.5, 0.6) is 0 Å². The molecule has 2 aromatic carbocycles. The van der Waals surface area contributed by atoms with Gasteiger partial charge in [0.1, 0.15) is 0 Å². The smallest absolute Gasteiger partial charge is 0.345 e. The van der Waals surface area contributed by atoms with Gasteiger partial charge >= 0.3 is 6.18 Å². The van der Waals surface area contributed by atoms with Crippen LogP contribution in [-0.4, -0.2) is 7.05 Å². The summed E-state index contributed by atoms with van der Waals surface area (Å²) in [7, 11) is 1.74. The van der Waals surface area contributed by atoms with Crippen molar-refractivity contribution in [1.82, 2.24) is 0 Å². The topological polar surface area (TPSA) is 3.24 Å². The Kier molecular flexibility index (Phi) is 4.47. The largest absolute Gasteiger partial charge is 0.416 e. The summed E-state index contributed by atoms with van der Waals surface area (Å²) in [6.07, 6.45) is -4.41. The summed E-state index contributed by atoms with van der Waals surface area (Å²) in [6, 6.07) is 11.8. The van der Waals surface area contributed by atoms with Crippen LogP contribution in [0.2, 0.25) is 0 Å². The number of alkyl halides is 4. The Labute approximate surface area is 127 Å². The summed E-state index contributed by atoms with van der Waals surface area (Å²) in [6.45, 7) is 1.96. The normalized spacial score (nSPS) is 11.5. The van der Waals surface area contributed by atoms with Crippen LogP contribution in [0.1, 0.15) is 16.7 Å². The highest BCUT2D eigenvalue weighted by Crippen LogP contribution is 2.36. The number of aryl methyl sites for hydroxylation is 1. The van der Waals surface area contributed by atoms with Crippen molar-refractivity contribution in [1.29, 1.82) is 0 Å². The fraction of sp³-hybridized carbons (Fsp3) is 0.250. The SMILES string of the molecule is Cc1ccc(N(C)c2ccc(CCl)c(C(F)(F)F)c2)cc1. The molecule has 5 heteroatoms. The Balaban J connectivity index is 2.42. The molecule has 0 fully saturated rings. The minimum atomic E-state index is -4.41. The third-order valence-electron chi connectivity index (χ3n) is 3.35. The maximum absolute atomic E-state index is 13.1. The molecule has 0 saturated heterocycles. The first-order valence-corrected chi connectivity index (χ1v) is 6.93. The first-order valence-electron chi connectivity index (χ1n) is 6.39. The second-order valence-corrected chi connectivity index (χ2v) is 5.13. The molecule has 0 amide bonds. The van der Waals surface area contributed by atoms with Crippen molar-refractivity contribution in [3.05, 3.63) is 59.2 Å². The molecular weight excluding hydrogens is 299 g/mol. The molecule has 2 aromatic rings. The summed E-state index contributed by atoms with van der Waals surface area (Å²) in [5.74, 6) is -0.163. The zero-order valence-corrected chi connectivity index (χ0v) is 12.5. The van der Waals surface area contributed by atoms with E-state index in [2.05, 4.69) is 0 Å². The lowest BCUT2D eigenvalue weighted by Gasteiger charge is -2.22. The molecule has 0 radical (unpaired) electrons. The molecule has 2 rings (SSSR count). The van der Waals surface area contributed by atoms with E-state index in [4.69, 9.17) is 11.6 Å². The average molecular weight is 314 g/mol.